The third kappa shape index (κ3) is 4.44. The number of hydrogen-bond acceptors (Lipinski definition) is 1. The highest BCUT2D eigenvalue weighted by atomic mass is 35.5. The van der Waals surface area contributed by atoms with E-state index in [-0.39, 0.29) is 0 Å². The number of piperidine rings is 1. The van der Waals surface area contributed by atoms with Crippen LogP contribution in [0.25, 0.3) is 0 Å². The molecule has 1 aliphatic heterocycles. The van der Waals surface area contributed by atoms with E-state index in [0.717, 1.165) is 17.7 Å². The van der Waals surface area contributed by atoms with Gasteiger partial charge in [0.15, 0.2) is 0 Å². The van der Waals surface area contributed by atoms with Gasteiger partial charge in [-0.3, -0.25) is 0 Å². The fourth-order valence-electron chi connectivity index (χ4n) is 3.66. The monoisotopic (exact) mass is 257 g/mol. The Balaban J connectivity index is 1.59. The summed E-state index contributed by atoms with van der Waals surface area (Å²) in [7, 11) is 0. The first-order chi connectivity index (χ1) is 8.40. The summed E-state index contributed by atoms with van der Waals surface area (Å²) in [6.45, 7) is 4.11. The molecule has 1 saturated heterocycles. The molecule has 0 aromatic carbocycles. The van der Waals surface area contributed by atoms with Crippen LogP contribution in [0.2, 0.25) is 0 Å². The zero-order valence-electron chi connectivity index (χ0n) is 11.2. The van der Waals surface area contributed by atoms with Crippen LogP contribution < -0.4 is 0 Å². The van der Waals surface area contributed by atoms with Crippen LogP contribution in [-0.4, -0.2) is 30.4 Å². The van der Waals surface area contributed by atoms with Gasteiger partial charge < -0.3 is 4.90 Å². The van der Waals surface area contributed by atoms with Gasteiger partial charge in [0.05, 0.1) is 0 Å². The number of hydrogen-bond donors (Lipinski definition) is 0. The first kappa shape index (κ1) is 13.7. The van der Waals surface area contributed by atoms with Crippen LogP contribution in [0.5, 0.6) is 0 Å². The van der Waals surface area contributed by atoms with Crippen molar-refractivity contribution in [3.8, 4) is 0 Å². The van der Waals surface area contributed by atoms with Crippen molar-refractivity contribution >= 4 is 11.6 Å². The number of likely N-dealkylation sites (tertiary alicyclic amines) is 1. The molecule has 2 heteroatoms. The summed E-state index contributed by atoms with van der Waals surface area (Å²) in [6, 6.07) is 0. The molecule has 0 aromatic heterocycles. The Morgan fingerprint density at radius 1 is 0.882 bits per heavy atom. The topological polar surface area (TPSA) is 3.24 Å². The molecule has 2 rings (SSSR count). The number of fused-ring (bicyclic) bond motifs is 1. The molecule has 2 aliphatic rings. The Hall–Kier alpha value is 0.250. The van der Waals surface area contributed by atoms with Crippen LogP contribution >= 0.6 is 11.6 Å². The zero-order chi connectivity index (χ0) is 11.9. The Labute approximate surface area is 112 Å². The Bertz CT molecular complexity index is 207. The zero-order valence-corrected chi connectivity index (χ0v) is 11.9. The van der Waals surface area contributed by atoms with Crippen molar-refractivity contribution in [2.45, 2.75) is 57.8 Å². The Morgan fingerprint density at radius 3 is 2.47 bits per heavy atom. The van der Waals surface area contributed by atoms with E-state index in [1.807, 2.05) is 0 Å². The summed E-state index contributed by atoms with van der Waals surface area (Å²) in [4.78, 5) is 2.73. The number of halogens is 1. The minimum atomic E-state index is 0.841. The van der Waals surface area contributed by atoms with Gasteiger partial charge in [-0.2, -0.15) is 0 Å². The second-order valence-corrected chi connectivity index (χ2v) is 6.38. The van der Waals surface area contributed by atoms with E-state index in [9.17, 15) is 0 Å². The van der Waals surface area contributed by atoms with E-state index in [1.165, 1.54) is 77.4 Å². The maximum absolute atomic E-state index is 5.70. The van der Waals surface area contributed by atoms with Crippen LogP contribution in [0, 0.1) is 11.8 Å². The van der Waals surface area contributed by atoms with Gasteiger partial charge in [-0.05, 0) is 50.6 Å². The highest BCUT2D eigenvalue weighted by Crippen LogP contribution is 2.35. The molecular formula is C15H28ClN. The lowest BCUT2D eigenvalue weighted by Crippen LogP contribution is -2.42. The van der Waals surface area contributed by atoms with Crippen LogP contribution in [0.4, 0.5) is 0 Å². The SMILES string of the molecule is ClCCCCCCN1CCC2CCCCC2C1. The maximum Gasteiger partial charge on any atom is 0.0223 e. The van der Waals surface area contributed by atoms with Gasteiger partial charge in [-0.25, -0.2) is 0 Å². The Kier molecular flexibility index (Phi) is 6.14. The Morgan fingerprint density at radius 2 is 1.65 bits per heavy atom. The summed E-state index contributed by atoms with van der Waals surface area (Å²) in [6.07, 6.45) is 12.8. The predicted octanol–water partition coefficient (Wildman–Crippen LogP) is 4.30. The molecule has 100 valence electrons. The summed E-state index contributed by atoms with van der Waals surface area (Å²) in [5.41, 5.74) is 0. The van der Waals surface area contributed by atoms with Crippen molar-refractivity contribution in [1.82, 2.24) is 4.90 Å². The third-order valence-corrected chi connectivity index (χ3v) is 5.00. The number of alkyl halides is 1. The highest BCUT2D eigenvalue weighted by molar-refractivity contribution is 6.17. The van der Waals surface area contributed by atoms with Crippen molar-refractivity contribution in [3.63, 3.8) is 0 Å². The van der Waals surface area contributed by atoms with Gasteiger partial charge in [0.25, 0.3) is 0 Å². The van der Waals surface area contributed by atoms with E-state index >= 15 is 0 Å². The summed E-state index contributed by atoms with van der Waals surface area (Å²) in [5, 5.41) is 0. The normalized spacial score (nSPS) is 30.2. The van der Waals surface area contributed by atoms with Crippen molar-refractivity contribution in [1.29, 1.82) is 0 Å². The largest absolute Gasteiger partial charge is 0.303 e. The number of rotatable bonds is 6. The molecule has 2 fully saturated rings. The molecule has 1 aliphatic carbocycles. The molecule has 2 unspecified atom stereocenters. The second kappa shape index (κ2) is 7.63. The lowest BCUT2D eigenvalue weighted by molar-refractivity contribution is 0.0857. The lowest BCUT2D eigenvalue weighted by atomic mass is 9.75. The van der Waals surface area contributed by atoms with E-state index in [1.54, 1.807) is 0 Å². The standard InChI is InChI=1S/C15H28ClN/c16-10-5-1-2-6-11-17-12-9-14-7-3-4-8-15(14)13-17/h14-15H,1-13H2. The van der Waals surface area contributed by atoms with Crippen molar-refractivity contribution in [2.24, 2.45) is 11.8 Å². The van der Waals surface area contributed by atoms with Gasteiger partial charge in [0, 0.05) is 12.4 Å². The van der Waals surface area contributed by atoms with Crippen LogP contribution in [0.3, 0.4) is 0 Å². The minimum absolute atomic E-state index is 0.841. The average molecular weight is 258 g/mol. The molecule has 0 amide bonds. The molecule has 0 radical (unpaired) electrons. The van der Waals surface area contributed by atoms with Crippen molar-refractivity contribution in [2.75, 3.05) is 25.5 Å². The molecule has 2 atom stereocenters. The molecule has 0 aromatic rings. The molecule has 17 heavy (non-hydrogen) atoms. The van der Waals surface area contributed by atoms with E-state index < -0.39 is 0 Å². The fourth-order valence-corrected chi connectivity index (χ4v) is 3.85. The van der Waals surface area contributed by atoms with Gasteiger partial charge >= 0.3 is 0 Å². The number of unbranched alkanes of at least 4 members (excludes halogenated alkanes) is 3. The summed E-state index contributed by atoms with van der Waals surface area (Å²) in [5.74, 6) is 2.96. The predicted molar refractivity (Wildman–Crippen MR) is 75.7 cm³/mol. The molecule has 1 saturated carbocycles. The summed E-state index contributed by atoms with van der Waals surface area (Å²) >= 11 is 5.70. The molecule has 1 heterocycles. The lowest BCUT2D eigenvalue weighted by Gasteiger charge is -2.41. The molecule has 1 nitrogen and oxygen atoms in total. The van der Waals surface area contributed by atoms with E-state index in [0.29, 0.717) is 0 Å². The van der Waals surface area contributed by atoms with Gasteiger partial charge in [0.1, 0.15) is 0 Å². The minimum Gasteiger partial charge on any atom is -0.303 e. The van der Waals surface area contributed by atoms with Gasteiger partial charge in [0.2, 0.25) is 0 Å². The van der Waals surface area contributed by atoms with Gasteiger partial charge in [-0.15, -0.1) is 11.6 Å². The highest BCUT2D eigenvalue weighted by Gasteiger charge is 2.30. The van der Waals surface area contributed by atoms with Gasteiger partial charge in [-0.1, -0.05) is 32.1 Å². The van der Waals surface area contributed by atoms with Crippen LogP contribution in [-0.2, 0) is 0 Å². The fraction of sp³-hybridized carbons (Fsp3) is 1.00. The quantitative estimate of drug-likeness (QED) is 0.507. The van der Waals surface area contributed by atoms with Crippen molar-refractivity contribution < 1.29 is 0 Å². The molecular weight excluding hydrogens is 230 g/mol. The second-order valence-electron chi connectivity index (χ2n) is 6.00. The molecule has 0 spiro atoms. The maximum atomic E-state index is 5.70. The first-order valence-electron chi connectivity index (χ1n) is 7.68. The molecule has 0 bridgehead atoms. The summed E-state index contributed by atoms with van der Waals surface area (Å²) < 4.78 is 0. The van der Waals surface area contributed by atoms with Crippen LogP contribution in [0.1, 0.15) is 57.8 Å². The van der Waals surface area contributed by atoms with E-state index in [2.05, 4.69) is 4.90 Å². The van der Waals surface area contributed by atoms with E-state index in [4.69, 9.17) is 11.6 Å². The average Bonchev–Trinajstić information content (AvgIpc) is 2.38. The van der Waals surface area contributed by atoms with Crippen LogP contribution in [0.15, 0.2) is 0 Å². The number of nitrogens with zero attached hydrogens (tertiary/aromatic N) is 1. The van der Waals surface area contributed by atoms with Crippen molar-refractivity contribution in [3.05, 3.63) is 0 Å². The first-order valence-corrected chi connectivity index (χ1v) is 8.22. The third-order valence-electron chi connectivity index (χ3n) is 4.73. The molecule has 0 N–H and O–H groups in total. The smallest absolute Gasteiger partial charge is 0.0223 e.